The number of hydrogen-bond acceptors (Lipinski definition) is 7. The lowest BCUT2D eigenvalue weighted by molar-refractivity contribution is -0.124. The number of unbranched alkanes of at least 4 members (excludes halogenated alkanes) is 2. The van der Waals surface area contributed by atoms with E-state index in [-0.39, 0.29) is 23.3 Å². The molecule has 2 aliphatic rings. The second kappa shape index (κ2) is 12.5. The van der Waals surface area contributed by atoms with Gasteiger partial charge < -0.3 is 19.9 Å². The molecule has 1 spiro atoms. The van der Waals surface area contributed by atoms with Gasteiger partial charge in [-0.25, -0.2) is 4.98 Å². The van der Waals surface area contributed by atoms with E-state index in [2.05, 4.69) is 32.1 Å². The highest BCUT2D eigenvalue weighted by Gasteiger charge is 2.58. The van der Waals surface area contributed by atoms with Crippen molar-refractivity contribution in [2.45, 2.75) is 77.7 Å². The van der Waals surface area contributed by atoms with Gasteiger partial charge in [-0.2, -0.15) is 0 Å². The molecule has 1 saturated carbocycles. The van der Waals surface area contributed by atoms with Gasteiger partial charge in [-0.15, -0.1) is 0 Å². The molecule has 0 unspecified atom stereocenters. The van der Waals surface area contributed by atoms with Crippen LogP contribution in [0.2, 0.25) is 0 Å². The topological polar surface area (TPSA) is 113 Å². The third kappa shape index (κ3) is 6.19. The SMILES string of the molecule is CCC(=O)CCCCC[C@H](NC(=O)[C@H]1CC12CCN(CC)CC2)c1ncc(-c2cc3nccnc3cc2OC)[nH]1. The number of benzene rings is 1. The number of carbonyl (C=O) groups excluding carboxylic acids is 2. The number of nitrogens with zero attached hydrogens (tertiary/aromatic N) is 4. The highest BCUT2D eigenvalue weighted by molar-refractivity contribution is 5.85. The molecule has 1 amide bonds. The lowest BCUT2D eigenvalue weighted by Gasteiger charge is -2.32. The van der Waals surface area contributed by atoms with E-state index in [0.29, 0.717) is 24.4 Å². The van der Waals surface area contributed by atoms with Gasteiger partial charge in [0.25, 0.3) is 0 Å². The van der Waals surface area contributed by atoms with Crippen molar-refractivity contribution in [2.24, 2.45) is 11.3 Å². The molecule has 1 aromatic carbocycles. The predicted molar refractivity (Wildman–Crippen MR) is 155 cm³/mol. The zero-order valence-electron chi connectivity index (χ0n) is 24.0. The summed E-state index contributed by atoms with van der Waals surface area (Å²) in [5.74, 6) is 1.97. The van der Waals surface area contributed by atoms with Crippen LogP contribution in [-0.4, -0.2) is 63.3 Å². The Balaban J connectivity index is 1.31. The molecule has 9 nitrogen and oxygen atoms in total. The fraction of sp³-hybridized carbons (Fsp3) is 0.581. The zero-order valence-corrected chi connectivity index (χ0v) is 24.0. The average molecular weight is 547 g/mol. The standard InChI is InChI=1S/C31H42N6O3/c1-4-21(38)9-7-6-8-10-24(36-30(39)23-19-31(23)11-15-37(5-2)16-12-31)29-34-20-27(35-29)22-17-25-26(18-28(22)40-3)33-14-13-32-25/h13-14,17-18,20,23-24H,4-12,15-16,19H2,1-3H3,(H,34,35)(H,36,39)/t23-,24+/m1/s1. The number of ether oxygens (including phenoxy) is 1. The molecule has 214 valence electrons. The Morgan fingerprint density at radius 1 is 1.10 bits per heavy atom. The fourth-order valence-electron chi connectivity index (χ4n) is 6.18. The molecule has 3 heterocycles. The second-order valence-electron chi connectivity index (χ2n) is 11.4. The van der Waals surface area contributed by atoms with Crippen molar-refractivity contribution in [3.63, 3.8) is 0 Å². The molecule has 2 fully saturated rings. The zero-order chi connectivity index (χ0) is 28.1. The van der Waals surface area contributed by atoms with E-state index in [0.717, 1.165) is 92.7 Å². The number of hydrogen-bond donors (Lipinski definition) is 2. The van der Waals surface area contributed by atoms with Gasteiger partial charge in [0.15, 0.2) is 0 Å². The smallest absolute Gasteiger partial charge is 0.224 e. The van der Waals surface area contributed by atoms with Crippen LogP contribution >= 0.6 is 0 Å². The van der Waals surface area contributed by atoms with Crippen molar-refractivity contribution in [3.8, 4) is 17.0 Å². The van der Waals surface area contributed by atoms with E-state index in [4.69, 9.17) is 9.72 Å². The number of piperidine rings is 1. The van der Waals surface area contributed by atoms with Gasteiger partial charge in [-0.05, 0) is 63.2 Å². The van der Waals surface area contributed by atoms with Crippen LogP contribution in [0.4, 0.5) is 0 Å². The molecule has 1 saturated heterocycles. The lowest BCUT2D eigenvalue weighted by Crippen LogP contribution is -2.37. The van der Waals surface area contributed by atoms with Crippen molar-refractivity contribution >= 4 is 22.7 Å². The number of ketones is 1. The van der Waals surface area contributed by atoms with E-state index in [1.54, 1.807) is 25.7 Å². The van der Waals surface area contributed by atoms with E-state index in [1.807, 2.05) is 19.1 Å². The molecule has 5 rings (SSSR count). The maximum Gasteiger partial charge on any atom is 0.224 e. The Bertz CT molecular complexity index is 1330. The number of methoxy groups -OCH3 is 1. The summed E-state index contributed by atoms with van der Waals surface area (Å²) in [6, 6.07) is 3.61. The van der Waals surface area contributed by atoms with Crippen molar-refractivity contribution in [2.75, 3.05) is 26.7 Å². The number of carbonyl (C=O) groups is 2. The van der Waals surface area contributed by atoms with Crippen LogP contribution < -0.4 is 10.1 Å². The molecule has 0 bridgehead atoms. The predicted octanol–water partition coefficient (Wildman–Crippen LogP) is 5.24. The minimum absolute atomic E-state index is 0.0878. The van der Waals surface area contributed by atoms with E-state index in [1.165, 1.54) is 0 Å². The normalized spacial score (nSPS) is 19.0. The number of amides is 1. The Morgan fingerprint density at radius 3 is 2.55 bits per heavy atom. The third-order valence-corrected chi connectivity index (χ3v) is 8.97. The Labute approximate surface area is 236 Å². The number of aromatic nitrogens is 4. The van der Waals surface area contributed by atoms with Gasteiger partial charge in [0.05, 0.1) is 36.1 Å². The largest absolute Gasteiger partial charge is 0.496 e. The Morgan fingerprint density at radius 2 is 1.85 bits per heavy atom. The maximum absolute atomic E-state index is 13.5. The molecule has 1 aliphatic carbocycles. The summed E-state index contributed by atoms with van der Waals surface area (Å²) in [5, 5.41) is 3.36. The number of imidazole rings is 1. The maximum atomic E-state index is 13.5. The summed E-state index contributed by atoms with van der Waals surface area (Å²) in [5.41, 5.74) is 3.37. The fourth-order valence-corrected chi connectivity index (χ4v) is 6.18. The first-order valence-corrected chi connectivity index (χ1v) is 14.8. The molecule has 40 heavy (non-hydrogen) atoms. The van der Waals surface area contributed by atoms with Gasteiger partial charge in [-0.1, -0.05) is 26.7 Å². The van der Waals surface area contributed by atoms with Gasteiger partial charge in [-0.3, -0.25) is 19.6 Å². The number of H-pyrrole nitrogens is 1. The first-order valence-electron chi connectivity index (χ1n) is 14.8. The summed E-state index contributed by atoms with van der Waals surface area (Å²) in [4.78, 5) is 44.7. The van der Waals surface area contributed by atoms with Crippen molar-refractivity contribution < 1.29 is 14.3 Å². The molecule has 2 aromatic heterocycles. The summed E-state index contributed by atoms with van der Waals surface area (Å²) in [6.07, 6.45) is 13.1. The van der Waals surface area contributed by atoms with E-state index in [9.17, 15) is 9.59 Å². The quantitative estimate of drug-likeness (QED) is 0.282. The molecular weight excluding hydrogens is 504 g/mol. The minimum atomic E-state index is -0.220. The molecule has 2 N–H and O–H groups in total. The monoisotopic (exact) mass is 546 g/mol. The van der Waals surface area contributed by atoms with E-state index >= 15 is 0 Å². The average Bonchev–Trinajstić information content (AvgIpc) is 3.46. The molecule has 9 heteroatoms. The van der Waals surface area contributed by atoms with Crippen LogP contribution in [-0.2, 0) is 9.59 Å². The number of fused-ring (bicyclic) bond motifs is 1. The number of aromatic amines is 1. The van der Waals surface area contributed by atoms with Gasteiger partial charge in [0, 0.05) is 42.8 Å². The number of rotatable bonds is 13. The first-order chi connectivity index (χ1) is 19.5. The van der Waals surface area contributed by atoms with Crippen LogP contribution in [0.15, 0.2) is 30.7 Å². The second-order valence-corrected chi connectivity index (χ2v) is 11.4. The lowest BCUT2D eigenvalue weighted by atomic mass is 9.90. The van der Waals surface area contributed by atoms with Crippen LogP contribution in [0.5, 0.6) is 5.75 Å². The molecule has 3 aromatic rings. The first kappa shape index (κ1) is 28.2. The summed E-state index contributed by atoms with van der Waals surface area (Å²) >= 11 is 0. The van der Waals surface area contributed by atoms with Gasteiger partial charge >= 0.3 is 0 Å². The van der Waals surface area contributed by atoms with Crippen LogP contribution in [0.3, 0.4) is 0 Å². The Hall–Kier alpha value is -3.33. The van der Waals surface area contributed by atoms with Gasteiger partial charge in [0.1, 0.15) is 17.4 Å². The number of nitrogens with one attached hydrogen (secondary N) is 2. The van der Waals surface area contributed by atoms with Gasteiger partial charge in [0.2, 0.25) is 5.91 Å². The number of likely N-dealkylation sites (tertiary alicyclic amines) is 1. The highest BCUT2D eigenvalue weighted by atomic mass is 16.5. The van der Waals surface area contributed by atoms with Crippen LogP contribution in [0.25, 0.3) is 22.3 Å². The van der Waals surface area contributed by atoms with Crippen molar-refractivity contribution in [3.05, 3.63) is 36.5 Å². The highest BCUT2D eigenvalue weighted by Crippen LogP contribution is 2.59. The Kier molecular flexibility index (Phi) is 8.78. The summed E-state index contributed by atoms with van der Waals surface area (Å²) in [7, 11) is 1.64. The molecule has 1 aliphatic heterocycles. The number of Topliss-reactive ketones (excluding diaryl/α,β-unsaturated/α-hetero) is 1. The third-order valence-electron chi connectivity index (χ3n) is 8.97. The van der Waals surface area contributed by atoms with Crippen molar-refractivity contribution in [1.82, 2.24) is 30.2 Å². The van der Waals surface area contributed by atoms with Crippen molar-refractivity contribution in [1.29, 1.82) is 0 Å². The molecule has 2 atom stereocenters. The van der Waals surface area contributed by atoms with Crippen LogP contribution in [0, 0.1) is 11.3 Å². The molecule has 0 radical (unpaired) electrons. The van der Waals surface area contributed by atoms with E-state index < -0.39 is 0 Å². The molecular formula is C31H42N6O3. The van der Waals surface area contributed by atoms with Crippen LogP contribution in [0.1, 0.15) is 83.5 Å². The minimum Gasteiger partial charge on any atom is -0.496 e. The summed E-state index contributed by atoms with van der Waals surface area (Å²) < 4.78 is 5.67. The summed E-state index contributed by atoms with van der Waals surface area (Å²) in [6.45, 7) is 7.36.